The summed E-state index contributed by atoms with van der Waals surface area (Å²) in [5.74, 6) is -0.308. The fourth-order valence-corrected chi connectivity index (χ4v) is 2.27. The minimum absolute atomic E-state index is 0.00706. The Morgan fingerprint density at radius 3 is 1.96 bits per heavy atom. The number of esters is 1. The average molecular weight is 383 g/mol. The summed E-state index contributed by atoms with van der Waals surface area (Å²) in [4.78, 5) is 23.5. The second kappa shape index (κ2) is 9.40. The van der Waals surface area contributed by atoms with Gasteiger partial charge in [0.25, 0.3) is 0 Å². The molecule has 0 aliphatic rings. The van der Waals surface area contributed by atoms with Crippen molar-refractivity contribution in [3.63, 3.8) is 0 Å². The summed E-state index contributed by atoms with van der Waals surface area (Å²) in [6.45, 7) is 10.3. The van der Waals surface area contributed by atoms with Crippen LogP contribution in [0.2, 0.25) is 0 Å². The van der Waals surface area contributed by atoms with E-state index in [0.717, 1.165) is 22.5 Å². The van der Waals surface area contributed by atoms with Crippen LogP contribution in [0.3, 0.4) is 0 Å². The summed E-state index contributed by atoms with van der Waals surface area (Å²) >= 11 is 0. The van der Waals surface area contributed by atoms with Crippen molar-refractivity contribution in [1.29, 1.82) is 0 Å². The molecule has 0 aliphatic heterocycles. The first-order valence-corrected chi connectivity index (χ1v) is 9.55. The highest BCUT2D eigenvalue weighted by molar-refractivity contribution is 5.94. The maximum Gasteiger partial charge on any atom is 0.308 e. The molecule has 0 saturated carbocycles. The number of rotatable bonds is 7. The van der Waals surface area contributed by atoms with Crippen molar-refractivity contribution in [2.45, 2.75) is 47.8 Å². The molecule has 2 aromatic carbocycles. The summed E-state index contributed by atoms with van der Waals surface area (Å²) < 4.78 is 5.23. The molecule has 0 radical (unpaired) electrons. The van der Waals surface area contributed by atoms with E-state index in [-0.39, 0.29) is 17.8 Å². The standard InChI is InChI=1S/C23H30N2O3/c1-16(2)21(26)28-15-18-8-6-17(7-9-18)14-24-19-10-12-20(13-11-19)25-22(27)23(3,4)5/h6-13,16,24H,14-15H2,1-5H3,(H,25,27). The SMILES string of the molecule is CC(C)C(=O)OCc1ccc(CNc2ccc(NC(=O)C(C)(C)C)cc2)cc1. The van der Waals surface area contributed by atoms with Gasteiger partial charge in [0, 0.05) is 23.3 Å². The molecular formula is C23H30N2O3. The number of ether oxygens (including phenoxy) is 1. The molecule has 0 spiro atoms. The number of amides is 1. The molecule has 0 bridgehead atoms. The van der Waals surface area contributed by atoms with E-state index in [4.69, 9.17) is 4.74 Å². The fourth-order valence-electron chi connectivity index (χ4n) is 2.27. The maximum absolute atomic E-state index is 12.0. The molecule has 0 fully saturated rings. The second-order valence-corrected chi connectivity index (χ2v) is 8.21. The molecule has 0 heterocycles. The third-order valence-electron chi connectivity index (χ3n) is 4.20. The van der Waals surface area contributed by atoms with Crippen LogP contribution in [0.25, 0.3) is 0 Å². The second-order valence-electron chi connectivity index (χ2n) is 8.21. The van der Waals surface area contributed by atoms with Gasteiger partial charge >= 0.3 is 5.97 Å². The van der Waals surface area contributed by atoms with E-state index < -0.39 is 5.41 Å². The molecule has 0 aromatic heterocycles. The Balaban J connectivity index is 1.83. The van der Waals surface area contributed by atoms with E-state index in [9.17, 15) is 9.59 Å². The zero-order chi connectivity index (χ0) is 20.7. The summed E-state index contributed by atoms with van der Waals surface area (Å²) in [5.41, 5.74) is 3.44. The minimum Gasteiger partial charge on any atom is -0.461 e. The zero-order valence-electron chi connectivity index (χ0n) is 17.3. The molecule has 0 unspecified atom stereocenters. The van der Waals surface area contributed by atoms with Gasteiger partial charge in [0.1, 0.15) is 6.61 Å². The van der Waals surface area contributed by atoms with Crippen molar-refractivity contribution in [3.8, 4) is 0 Å². The molecule has 2 rings (SSSR count). The van der Waals surface area contributed by atoms with Crippen LogP contribution in [0.1, 0.15) is 45.7 Å². The van der Waals surface area contributed by atoms with Crippen LogP contribution in [0, 0.1) is 11.3 Å². The number of carbonyl (C=O) groups excluding carboxylic acids is 2. The van der Waals surface area contributed by atoms with Crippen molar-refractivity contribution in [2.75, 3.05) is 10.6 Å². The highest BCUT2D eigenvalue weighted by Crippen LogP contribution is 2.19. The highest BCUT2D eigenvalue weighted by atomic mass is 16.5. The van der Waals surface area contributed by atoms with E-state index in [1.807, 2.05) is 83.1 Å². The number of nitrogens with one attached hydrogen (secondary N) is 2. The van der Waals surface area contributed by atoms with Crippen molar-refractivity contribution in [2.24, 2.45) is 11.3 Å². The van der Waals surface area contributed by atoms with Crippen molar-refractivity contribution in [1.82, 2.24) is 0 Å². The predicted molar refractivity (Wildman–Crippen MR) is 113 cm³/mol. The smallest absolute Gasteiger partial charge is 0.308 e. The first-order valence-electron chi connectivity index (χ1n) is 9.55. The van der Waals surface area contributed by atoms with Gasteiger partial charge in [0.15, 0.2) is 0 Å². The summed E-state index contributed by atoms with van der Waals surface area (Å²) in [5, 5.41) is 6.27. The number of carbonyl (C=O) groups is 2. The van der Waals surface area contributed by atoms with Gasteiger partial charge in [0.2, 0.25) is 5.91 Å². The van der Waals surface area contributed by atoms with Gasteiger partial charge in [0.05, 0.1) is 5.92 Å². The number of benzene rings is 2. The van der Waals surface area contributed by atoms with E-state index in [1.165, 1.54) is 0 Å². The van der Waals surface area contributed by atoms with E-state index >= 15 is 0 Å². The summed E-state index contributed by atoms with van der Waals surface area (Å²) in [6.07, 6.45) is 0. The molecule has 0 aliphatic carbocycles. The third-order valence-corrected chi connectivity index (χ3v) is 4.20. The Bertz CT molecular complexity index is 788. The topological polar surface area (TPSA) is 67.4 Å². The summed E-state index contributed by atoms with van der Waals surface area (Å²) in [6, 6.07) is 15.6. The summed E-state index contributed by atoms with van der Waals surface area (Å²) in [7, 11) is 0. The fraction of sp³-hybridized carbons (Fsp3) is 0.391. The van der Waals surface area contributed by atoms with Gasteiger partial charge in [-0.15, -0.1) is 0 Å². The van der Waals surface area contributed by atoms with Gasteiger partial charge in [-0.1, -0.05) is 58.9 Å². The van der Waals surface area contributed by atoms with Crippen LogP contribution < -0.4 is 10.6 Å². The van der Waals surface area contributed by atoms with Crippen molar-refractivity contribution in [3.05, 3.63) is 59.7 Å². The van der Waals surface area contributed by atoms with Crippen LogP contribution in [0.15, 0.2) is 48.5 Å². The van der Waals surface area contributed by atoms with Gasteiger partial charge in [-0.05, 0) is 35.4 Å². The largest absolute Gasteiger partial charge is 0.461 e. The molecule has 1 amide bonds. The van der Waals surface area contributed by atoms with Crippen molar-refractivity contribution >= 4 is 23.3 Å². The first kappa shape index (κ1) is 21.5. The predicted octanol–water partition coefficient (Wildman–Crippen LogP) is 4.98. The van der Waals surface area contributed by atoms with Crippen LogP contribution >= 0.6 is 0 Å². The van der Waals surface area contributed by atoms with Gasteiger partial charge in [-0.25, -0.2) is 0 Å². The third kappa shape index (κ3) is 6.72. The lowest BCUT2D eigenvalue weighted by Gasteiger charge is -2.17. The minimum atomic E-state index is -0.420. The van der Waals surface area contributed by atoms with Crippen LogP contribution in [-0.4, -0.2) is 11.9 Å². The molecule has 2 N–H and O–H groups in total. The molecular weight excluding hydrogens is 352 g/mol. The maximum atomic E-state index is 12.0. The number of anilines is 2. The Kier molecular flexibility index (Phi) is 7.21. The lowest BCUT2D eigenvalue weighted by molar-refractivity contribution is -0.148. The zero-order valence-corrected chi connectivity index (χ0v) is 17.3. The van der Waals surface area contributed by atoms with Crippen LogP contribution in [-0.2, 0) is 27.5 Å². The van der Waals surface area contributed by atoms with Crippen LogP contribution in [0.4, 0.5) is 11.4 Å². The average Bonchev–Trinajstić information content (AvgIpc) is 2.65. The van der Waals surface area contributed by atoms with E-state index in [0.29, 0.717) is 13.2 Å². The van der Waals surface area contributed by atoms with Gasteiger partial charge < -0.3 is 15.4 Å². The molecule has 150 valence electrons. The number of hydrogen-bond acceptors (Lipinski definition) is 4. The lowest BCUT2D eigenvalue weighted by Crippen LogP contribution is -2.27. The Morgan fingerprint density at radius 2 is 1.43 bits per heavy atom. The molecule has 28 heavy (non-hydrogen) atoms. The van der Waals surface area contributed by atoms with Gasteiger partial charge in [-0.3, -0.25) is 9.59 Å². The molecule has 0 saturated heterocycles. The monoisotopic (exact) mass is 382 g/mol. The first-order chi connectivity index (χ1) is 13.1. The molecule has 0 atom stereocenters. The lowest BCUT2D eigenvalue weighted by atomic mass is 9.95. The normalized spacial score (nSPS) is 11.2. The Hall–Kier alpha value is -2.82. The van der Waals surface area contributed by atoms with Gasteiger partial charge in [-0.2, -0.15) is 0 Å². The molecule has 5 heteroatoms. The van der Waals surface area contributed by atoms with E-state index in [2.05, 4.69) is 10.6 Å². The quantitative estimate of drug-likeness (QED) is 0.663. The van der Waals surface area contributed by atoms with Crippen LogP contribution in [0.5, 0.6) is 0 Å². The molecule has 2 aromatic rings. The van der Waals surface area contributed by atoms with E-state index in [1.54, 1.807) is 0 Å². The Labute approximate surface area is 167 Å². The Morgan fingerprint density at radius 1 is 0.893 bits per heavy atom. The highest BCUT2D eigenvalue weighted by Gasteiger charge is 2.20. The number of hydrogen-bond donors (Lipinski definition) is 2. The molecule has 5 nitrogen and oxygen atoms in total. The van der Waals surface area contributed by atoms with Crippen molar-refractivity contribution < 1.29 is 14.3 Å².